The summed E-state index contributed by atoms with van der Waals surface area (Å²) in [6, 6.07) is 12.6. The zero-order valence-corrected chi connectivity index (χ0v) is 15.1. The molecule has 128 valence electrons. The van der Waals surface area contributed by atoms with Crippen LogP contribution in [0.25, 0.3) is 10.8 Å². The van der Waals surface area contributed by atoms with Crippen LogP contribution in [0.4, 0.5) is 0 Å². The second-order valence-electron chi connectivity index (χ2n) is 6.29. The smallest absolute Gasteiger partial charge is 0.302 e. The van der Waals surface area contributed by atoms with E-state index in [4.69, 9.17) is 9.47 Å². The lowest BCUT2D eigenvalue weighted by Gasteiger charge is -2.33. The normalized spacial score (nSPS) is 20.8. The lowest BCUT2D eigenvalue weighted by atomic mass is 9.79. The minimum Gasteiger partial charge on any atom is -0.483 e. The van der Waals surface area contributed by atoms with Gasteiger partial charge >= 0.3 is 5.97 Å². The molecule has 0 amide bonds. The molecule has 3 nitrogen and oxygen atoms in total. The molecular weight excluding hydrogens is 320 g/mol. The van der Waals surface area contributed by atoms with Crippen LogP contribution < -0.4 is 4.74 Å². The molecule has 2 aromatic carbocycles. The van der Waals surface area contributed by atoms with Crippen LogP contribution in [0.1, 0.15) is 44.1 Å². The van der Waals surface area contributed by atoms with Gasteiger partial charge < -0.3 is 9.47 Å². The molecule has 0 heterocycles. The summed E-state index contributed by atoms with van der Waals surface area (Å²) >= 11 is 1.66. The lowest BCUT2D eigenvalue weighted by molar-refractivity contribution is -0.148. The monoisotopic (exact) mass is 344 g/mol. The summed E-state index contributed by atoms with van der Waals surface area (Å²) in [5.74, 6) is 1.55. The Morgan fingerprint density at radius 1 is 1.17 bits per heavy atom. The van der Waals surface area contributed by atoms with Crippen molar-refractivity contribution in [2.45, 2.75) is 44.6 Å². The Balaban J connectivity index is 2.07. The standard InChI is InChI=1S/C20H24O3S/c1-14(21)23-18-10-6-5-9-17(18)20-16-8-4-3-7-15(16)11-12-19(20)22-13-24-2/h3-4,7-8,11-12,17-18H,5-6,9-10,13H2,1-2H3/t17-,18+/m1/s1. The highest BCUT2D eigenvalue weighted by Gasteiger charge is 2.32. The molecule has 1 fully saturated rings. The van der Waals surface area contributed by atoms with Gasteiger partial charge in [0.1, 0.15) is 17.8 Å². The second kappa shape index (κ2) is 7.93. The third-order valence-corrected chi connectivity index (χ3v) is 5.01. The van der Waals surface area contributed by atoms with Crippen LogP contribution in [-0.4, -0.2) is 24.3 Å². The number of hydrogen-bond acceptors (Lipinski definition) is 4. The van der Waals surface area contributed by atoms with Crippen molar-refractivity contribution < 1.29 is 14.3 Å². The number of rotatable bonds is 5. The van der Waals surface area contributed by atoms with E-state index in [-0.39, 0.29) is 18.0 Å². The predicted octanol–water partition coefficient (Wildman–Crippen LogP) is 5.13. The van der Waals surface area contributed by atoms with Crippen LogP contribution in [0.15, 0.2) is 36.4 Å². The van der Waals surface area contributed by atoms with E-state index in [0.29, 0.717) is 5.94 Å². The molecule has 1 aliphatic rings. The zero-order valence-electron chi connectivity index (χ0n) is 14.3. The molecule has 3 rings (SSSR count). The number of fused-ring (bicyclic) bond motifs is 1. The van der Waals surface area contributed by atoms with Crippen LogP contribution in [0.5, 0.6) is 5.75 Å². The largest absolute Gasteiger partial charge is 0.483 e. The van der Waals surface area contributed by atoms with Gasteiger partial charge in [-0.05, 0) is 42.4 Å². The van der Waals surface area contributed by atoms with Crippen LogP contribution in [0.3, 0.4) is 0 Å². The van der Waals surface area contributed by atoms with Gasteiger partial charge in [0, 0.05) is 18.4 Å². The number of hydrogen-bond donors (Lipinski definition) is 0. The summed E-state index contributed by atoms with van der Waals surface area (Å²) in [5.41, 5.74) is 1.20. The van der Waals surface area contributed by atoms with Gasteiger partial charge in [0.2, 0.25) is 0 Å². The molecule has 0 bridgehead atoms. The predicted molar refractivity (Wildman–Crippen MR) is 99.7 cm³/mol. The third kappa shape index (κ3) is 3.69. The first kappa shape index (κ1) is 17.2. The molecule has 0 radical (unpaired) electrons. The van der Waals surface area contributed by atoms with Crippen molar-refractivity contribution in [3.8, 4) is 5.75 Å². The molecule has 0 aromatic heterocycles. The lowest BCUT2D eigenvalue weighted by Crippen LogP contribution is -2.28. The molecule has 0 spiro atoms. The Morgan fingerprint density at radius 3 is 2.75 bits per heavy atom. The fraction of sp³-hybridized carbons (Fsp3) is 0.450. The summed E-state index contributed by atoms with van der Waals surface area (Å²) in [6.07, 6.45) is 6.20. The number of carbonyl (C=O) groups is 1. The Morgan fingerprint density at radius 2 is 1.96 bits per heavy atom. The highest BCUT2D eigenvalue weighted by molar-refractivity contribution is 7.98. The molecule has 0 unspecified atom stereocenters. The first-order valence-electron chi connectivity index (χ1n) is 8.51. The number of carbonyl (C=O) groups excluding carboxylic acids is 1. The van der Waals surface area contributed by atoms with E-state index in [9.17, 15) is 4.79 Å². The van der Waals surface area contributed by atoms with E-state index in [1.807, 2.05) is 6.26 Å². The topological polar surface area (TPSA) is 35.5 Å². The van der Waals surface area contributed by atoms with E-state index in [1.54, 1.807) is 11.8 Å². The summed E-state index contributed by atoms with van der Waals surface area (Å²) < 4.78 is 11.7. The minimum atomic E-state index is -0.196. The van der Waals surface area contributed by atoms with E-state index in [1.165, 1.54) is 23.3 Å². The number of thioether (sulfide) groups is 1. The van der Waals surface area contributed by atoms with Gasteiger partial charge in [-0.25, -0.2) is 0 Å². The Labute approximate surface area is 147 Å². The van der Waals surface area contributed by atoms with Gasteiger partial charge in [-0.15, -0.1) is 11.8 Å². The zero-order chi connectivity index (χ0) is 16.9. The van der Waals surface area contributed by atoms with Crippen LogP contribution >= 0.6 is 11.8 Å². The third-order valence-electron chi connectivity index (χ3n) is 4.65. The van der Waals surface area contributed by atoms with Crippen molar-refractivity contribution in [1.82, 2.24) is 0 Å². The van der Waals surface area contributed by atoms with Gasteiger partial charge in [0.25, 0.3) is 0 Å². The van der Waals surface area contributed by atoms with E-state index >= 15 is 0 Å². The number of benzene rings is 2. The van der Waals surface area contributed by atoms with E-state index < -0.39 is 0 Å². The molecule has 0 saturated heterocycles. The second-order valence-corrected chi connectivity index (χ2v) is 7.10. The van der Waals surface area contributed by atoms with Gasteiger partial charge in [-0.3, -0.25) is 4.79 Å². The Kier molecular flexibility index (Phi) is 5.67. The maximum absolute atomic E-state index is 11.6. The molecule has 24 heavy (non-hydrogen) atoms. The van der Waals surface area contributed by atoms with Crippen LogP contribution in [0, 0.1) is 0 Å². The fourth-order valence-electron chi connectivity index (χ4n) is 3.69. The molecular formula is C20H24O3S. The Hall–Kier alpha value is -1.68. The quantitative estimate of drug-likeness (QED) is 0.556. The molecule has 0 aliphatic heterocycles. The first-order valence-corrected chi connectivity index (χ1v) is 9.90. The van der Waals surface area contributed by atoms with Crippen molar-refractivity contribution in [1.29, 1.82) is 0 Å². The fourth-order valence-corrected chi connectivity index (χ4v) is 3.93. The van der Waals surface area contributed by atoms with Crippen LogP contribution in [-0.2, 0) is 9.53 Å². The average molecular weight is 344 g/mol. The summed E-state index contributed by atoms with van der Waals surface area (Å²) in [5, 5.41) is 2.41. The molecule has 1 saturated carbocycles. The summed E-state index contributed by atoms with van der Waals surface area (Å²) in [6.45, 7) is 1.50. The molecule has 4 heteroatoms. The maximum atomic E-state index is 11.6. The molecule has 0 N–H and O–H groups in total. The summed E-state index contributed by atoms with van der Waals surface area (Å²) in [4.78, 5) is 11.6. The summed E-state index contributed by atoms with van der Waals surface area (Å²) in [7, 11) is 0. The van der Waals surface area contributed by atoms with Gasteiger partial charge in [0.05, 0.1) is 0 Å². The first-order chi connectivity index (χ1) is 11.7. The van der Waals surface area contributed by atoms with Crippen molar-refractivity contribution >= 4 is 28.5 Å². The highest BCUT2D eigenvalue weighted by Crippen LogP contribution is 2.43. The minimum absolute atomic E-state index is 0.0568. The Bertz CT molecular complexity index is 713. The molecule has 1 aliphatic carbocycles. The van der Waals surface area contributed by atoms with Crippen molar-refractivity contribution in [3.63, 3.8) is 0 Å². The maximum Gasteiger partial charge on any atom is 0.302 e. The van der Waals surface area contributed by atoms with Crippen molar-refractivity contribution in [3.05, 3.63) is 42.0 Å². The van der Waals surface area contributed by atoms with E-state index in [2.05, 4.69) is 36.4 Å². The highest BCUT2D eigenvalue weighted by atomic mass is 32.2. The van der Waals surface area contributed by atoms with Crippen molar-refractivity contribution in [2.75, 3.05) is 12.2 Å². The SMILES string of the molecule is CSCOc1ccc2ccccc2c1[C@@H]1CCCC[C@@H]1OC(C)=O. The van der Waals surface area contributed by atoms with Gasteiger partial charge in [0.15, 0.2) is 0 Å². The molecule has 2 atom stereocenters. The average Bonchev–Trinajstić information content (AvgIpc) is 2.59. The number of esters is 1. The van der Waals surface area contributed by atoms with E-state index in [0.717, 1.165) is 31.4 Å². The number of ether oxygens (including phenoxy) is 2. The van der Waals surface area contributed by atoms with Crippen LogP contribution in [0.2, 0.25) is 0 Å². The van der Waals surface area contributed by atoms with Gasteiger partial charge in [-0.2, -0.15) is 0 Å². The van der Waals surface area contributed by atoms with Crippen molar-refractivity contribution in [2.24, 2.45) is 0 Å². The van der Waals surface area contributed by atoms with Gasteiger partial charge in [-0.1, -0.05) is 36.8 Å². The molecule has 2 aromatic rings.